The van der Waals surface area contributed by atoms with Crippen LogP contribution in [0.2, 0.25) is 0 Å². The number of hydrogen-bond donors (Lipinski definition) is 1. The number of halogens is 6. The number of nitrogens with zero attached hydrogens (tertiary/aromatic N) is 1. The monoisotopic (exact) mass is 515 g/mol. The van der Waals surface area contributed by atoms with Crippen LogP contribution >= 0.6 is 0 Å². The van der Waals surface area contributed by atoms with Crippen molar-refractivity contribution in [3.05, 3.63) is 59.2 Å². The summed E-state index contributed by atoms with van der Waals surface area (Å²) in [6.07, 6.45) is -7.50. The van der Waals surface area contributed by atoms with Crippen molar-refractivity contribution in [1.82, 2.24) is 4.90 Å². The Bertz CT molecular complexity index is 1020. The van der Waals surface area contributed by atoms with Crippen LogP contribution in [-0.2, 0) is 17.4 Å². The van der Waals surface area contributed by atoms with Crippen molar-refractivity contribution in [2.24, 2.45) is 11.8 Å². The van der Waals surface area contributed by atoms with Crippen LogP contribution in [0.25, 0.3) is 11.1 Å². The van der Waals surface area contributed by atoms with Crippen LogP contribution in [0.5, 0.6) is 0 Å². The third-order valence-electron chi connectivity index (χ3n) is 6.81. The Labute approximate surface area is 207 Å². The molecule has 198 valence electrons. The number of benzene rings is 2. The fourth-order valence-electron chi connectivity index (χ4n) is 4.83. The van der Waals surface area contributed by atoms with Gasteiger partial charge in [0, 0.05) is 6.04 Å². The van der Waals surface area contributed by atoms with Crippen LogP contribution in [0.15, 0.2) is 42.5 Å². The van der Waals surface area contributed by atoms with Gasteiger partial charge >= 0.3 is 18.3 Å². The zero-order valence-electron chi connectivity index (χ0n) is 20.3. The average molecular weight is 516 g/mol. The highest BCUT2D eigenvalue weighted by molar-refractivity contribution is 5.74. The van der Waals surface area contributed by atoms with Crippen LogP contribution in [0, 0.1) is 11.8 Å². The molecule has 1 aliphatic heterocycles. The topological polar surface area (TPSA) is 40.5 Å². The first kappa shape index (κ1) is 28.0. The first-order valence-electron chi connectivity index (χ1n) is 12.1. The number of likely N-dealkylation sites (tertiary alicyclic amines) is 1. The number of carboxylic acid groups (broad SMARTS) is 1. The highest BCUT2D eigenvalue weighted by atomic mass is 19.4. The lowest BCUT2D eigenvalue weighted by molar-refractivity contribution is -0.186. The summed E-state index contributed by atoms with van der Waals surface area (Å²) in [5.74, 6) is -2.03. The zero-order chi connectivity index (χ0) is 26.7. The van der Waals surface area contributed by atoms with E-state index in [0.717, 1.165) is 24.1 Å². The maximum Gasteiger partial charge on any atom is 0.416 e. The van der Waals surface area contributed by atoms with Gasteiger partial charge in [-0.2, -0.15) is 26.3 Å². The van der Waals surface area contributed by atoms with Crippen LogP contribution < -0.4 is 0 Å². The Morgan fingerprint density at radius 1 is 0.972 bits per heavy atom. The minimum atomic E-state index is -4.49. The number of hydrogen-bond acceptors (Lipinski definition) is 2. The highest BCUT2D eigenvalue weighted by Gasteiger charge is 2.42. The molecule has 36 heavy (non-hydrogen) atoms. The third-order valence-corrected chi connectivity index (χ3v) is 6.81. The molecule has 2 aromatic carbocycles. The molecule has 0 bridgehead atoms. The number of carbonyl (C=O) groups is 1. The van der Waals surface area contributed by atoms with Crippen LogP contribution in [0.3, 0.4) is 0 Å². The standard InChI is InChI=1S/C27H31F6NO2/c1-17(2)3-10-24(34-13-11-21(12-14-34)27(31,32)33)22-9-4-18(16-25(35)36)15-23(22)19-5-7-20(8-6-19)26(28,29)30/h4-9,15,17,21,24H,3,10-14,16H2,1-2H3,(H,35,36)/t24-/m1/s1. The van der Waals surface area contributed by atoms with Crippen molar-refractivity contribution in [3.63, 3.8) is 0 Å². The molecule has 0 spiro atoms. The van der Waals surface area contributed by atoms with E-state index in [1.54, 1.807) is 18.2 Å². The molecule has 0 radical (unpaired) electrons. The van der Waals surface area contributed by atoms with Gasteiger partial charge in [0.05, 0.1) is 17.9 Å². The summed E-state index contributed by atoms with van der Waals surface area (Å²) in [6, 6.07) is 9.60. The molecule has 1 N–H and O–H groups in total. The number of aliphatic carboxylic acids is 1. The Morgan fingerprint density at radius 3 is 2.08 bits per heavy atom. The van der Waals surface area contributed by atoms with E-state index in [9.17, 15) is 36.2 Å². The molecule has 3 nitrogen and oxygen atoms in total. The molecule has 1 heterocycles. The van der Waals surface area contributed by atoms with Crippen molar-refractivity contribution < 1.29 is 36.2 Å². The smallest absolute Gasteiger partial charge is 0.416 e. The highest BCUT2D eigenvalue weighted by Crippen LogP contribution is 2.41. The summed E-state index contributed by atoms with van der Waals surface area (Å²) in [5, 5.41) is 9.25. The summed E-state index contributed by atoms with van der Waals surface area (Å²) >= 11 is 0. The zero-order valence-corrected chi connectivity index (χ0v) is 20.3. The Balaban J connectivity index is 2.03. The first-order chi connectivity index (χ1) is 16.8. The molecule has 9 heteroatoms. The quantitative estimate of drug-likeness (QED) is 0.366. The molecule has 1 saturated heterocycles. The molecule has 1 fully saturated rings. The fraction of sp³-hybridized carbons (Fsp3) is 0.519. The van der Waals surface area contributed by atoms with Crippen molar-refractivity contribution in [2.45, 2.75) is 64.3 Å². The van der Waals surface area contributed by atoms with Gasteiger partial charge in [-0.25, -0.2) is 0 Å². The summed E-state index contributed by atoms with van der Waals surface area (Å²) in [5.41, 5.74) is 1.61. The van der Waals surface area contributed by atoms with E-state index < -0.39 is 29.8 Å². The molecule has 1 atom stereocenters. The second-order valence-electron chi connectivity index (χ2n) is 9.91. The minimum absolute atomic E-state index is 0.00557. The maximum absolute atomic E-state index is 13.3. The lowest BCUT2D eigenvalue weighted by Crippen LogP contribution is -2.41. The van der Waals surface area contributed by atoms with Gasteiger partial charge in [0.2, 0.25) is 0 Å². The Morgan fingerprint density at radius 2 is 1.58 bits per heavy atom. The van der Waals surface area contributed by atoms with Gasteiger partial charge in [0.15, 0.2) is 0 Å². The number of alkyl halides is 6. The molecule has 0 aromatic heterocycles. The van der Waals surface area contributed by atoms with E-state index in [1.165, 1.54) is 12.1 Å². The van der Waals surface area contributed by atoms with E-state index in [1.807, 2.05) is 4.90 Å². The summed E-state index contributed by atoms with van der Waals surface area (Å²) < 4.78 is 79.1. The molecule has 0 amide bonds. The second-order valence-corrected chi connectivity index (χ2v) is 9.91. The van der Waals surface area contributed by atoms with Gasteiger partial charge in [-0.3, -0.25) is 9.69 Å². The predicted molar refractivity (Wildman–Crippen MR) is 125 cm³/mol. The summed E-state index contributed by atoms with van der Waals surface area (Å²) in [6.45, 7) is 4.63. The normalized spacial score (nSPS) is 16.9. The van der Waals surface area contributed by atoms with E-state index in [4.69, 9.17) is 0 Å². The number of rotatable bonds is 8. The molecule has 0 unspecified atom stereocenters. The Kier molecular flexibility index (Phi) is 8.75. The Hall–Kier alpha value is -2.55. The SMILES string of the molecule is CC(C)CC[C@H](c1ccc(CC(=O)O)cc1-c1ccc(C(F)(F)F)cc1)N1CCC(C(F)(F)F)CC1. The molecule has 1 aliphatic rings. The van der Waals surface area contributed by atoms with Gasteiger partial charge in [-0.15, -0.1) is 0 Å². The van der Waals surface area contributed by atoms with Crippen LogP contribution in [-0.4, -0.2) is 35.2 Å². The molecule has 0 saturated carbocycles. The maximum atomic E-state index is 13.3. The molecular formula is C27H31F6NO2. The molecular weight excluding hydrogens is 484 g/mol. The van der Waals surface area contributed by atoms with E-state index in [0.29, 0.717) is 29.0 Å². The minimum Gasteiger partial charge on any atom is -0.481 e. The molecule has 0 aliphatic carbocycles. The fourth-order valence-corrected chi connectivity index (χ4v) is 4.83. The van der Waals surface area contributed by atoms with Crippen LogP contribution in [0.1, 0.15) is 62.3 Å². The predicted octanol–water partition coefficient (Wildman–Crippen LogP) is 7.75. The van der Waals surface area contributed by atoms with Crippen LogP contribution in [0.4, 0.5) is 26.3 Å². The first-order valence-corrected chi connectivity index (χ1v) is 12.1. The largest absolute Gasteiger partial charge is 0.481 e. The van der Waals surface area contributed by atoms with E-state index in [-0.39, 0.29) is 38.4 Å². The van der Waals surface area contributed by atoms with Crippen molar-refractivity contribution in [1.29, 1.82) is 0 Å². The van der Waals surface area contributed by atoms with Gasteiger partial charge in [-0.1, -0.05) is 44.2 Å². The van der Waals surface area contributed by atoms with E-state index in [2.05, 4.69) is 13.8 Å². The lowest BCUT2D eigenvalue weighted by Gasteiger charge is -2.39. The summed E-state index contributed by atoms with van der Waals surface area (Å²) in [7, 11) is 0. The van der Waals surface area contributed by atoms with E-state index >= 15 is 0 Å². The molecule has 2 aromatic rings. The third kappa shape index (κ3) is 7.24. The summed E-state index contributed by atoms with van der Waals surface area (Å²) in [4.78, 5) is 13.3. The van der Waals surface area contributed by atoms with Crippen molar-refractivity contribution in [2.75, 3.05) is 13.1 Å². The van der Waals surface area contributed by atoms with Gasteiger partial charge in [-0.05, 0) is 79.1 Å². The number of piperidine rings is 1. The van der Waals surface area contributed by atoms with Gasteiger partial charge in [0.25, 0.3) is 0 Å². The molecule has 3 rings (SSSR count). The van der Waals surface area contributed by atoms with Crippen molar-refractivity contribution >= 4 is 5.97 Å². The average Bonchev–Trinajstić information content (AvgIpc) is 2.78. The second kappa shape index (κ2) is 11.2. The van der Waals surface area contributed by atoms with Gasteiger partial charge < -0.3 is 5.11 Å². The number of carboxylic acids is 1. The van der Waals surface area contributed by atoms with Gasteiger partial charge in [0.1, 0.15) is 0 Å². The van der Waals surface area contributed by atoms with Crippen molar-refractivity contribution in [3.8, 4) is 11.1 Å². The lowest BCUT2D eigenvalue weighted by atomic mass is 9.86.